The highest BCUT2D eigenvalue weighted by atomic mass is 32.1. The summed E-state index contributed by atoms with van der Waals surface area (Å²) in [5, 5.41) is 5.43. The molecular formula is C11H14N4S. The second kappa shape index (κ2) is 4.94. The first-order valence-corrected chi connectivity index (χ1v) is 6.05. The van der Waals surface area contributed by atoms with Gasteiger partial charge in [-0.25, -0.2) is 9.97 Å². The summed E-state index contributed by atoms with van der Waals surface area (Å²) in [6.45, 7) is 2.14. The standard InChI is InChI=1S/C11H14N4S/c1-2-8(9-4-3-5-16-9)15-11-6-10(12)13-7-14-11/h3-8H,2H2,1H3,(H3,12,13,14,15). The van der Waals surface area contributed by atoms with E-state index in [2.05, 4.69) is 39.7 Å². The second-order valence-electron chi connectivity index (χ2n) is 3.45. The van der Waals surface area contributed by atoms with Gasteiger partial charge in [0.1, 0.15) is 18.0 Å². The van der Waals surface area contributed by atoms with Crippen LogP contribution in [0.3, 0.4) is 0 Å². The van der Waals surface area contributed by atoms with Crippen LogP contribution in [0.25, 0.3) is 0 Å². The number of rotatable bonds is 4. The molecule has 3 N–H and O–H groups in total. The number of nitrogens with two attached hydrogens (primary N) is 1. The van der Waals surface area contributed by atoms with E-state index in [-0.39, 0.29) is 6.04 Å². The molecule has 0 aliphatic heterocycles. The molecule has 4 nitrogen and oxygen atoms in total. The number of nitrogen functional groups attached to an aromatic ring is 1. The van der Waals surface area contributed by atoms with Crippen LogP contribution in [0.2, 0.25) is 0 Å². The Labute approximate surface area is 98.6 Å². The lowest BCUT2D eigenvalue weighted by molar-refractivity contribution is 0.758. The maximum Gasteiger partial charge on any atom is 0.131 e. The molecule has 0 fully saturated rings. The molecule has 1 unspecified atom stereocenters. The largest absolute Gasteiger partial charge is 0.384 e. The van der Waals surface area contributed by atoms with E-state index in [1.807, 2.05) is 0 Å². The van der Waals surface area contributed by atoms with E-state index in [9.17, 15) is 0 Å². The molecule has 16 heavy (non-hydrogen) atoms. The molecule has 0 saturated heterocycles. The SMILES string of the molecule is CCC(Nc1cc(N)ncn1)c1cccs1. The van der Waals surface area contributed by atoms with Crippen molar-refractivity contribution in [2.45, 2.75) is 19.4 Å². The normalized spacial score (nSPS) is 12.3. The minimum absolute atomic E-state index is 0.286. The lowest BCUT2D eigenvalue weighted by Crippen LogP contribution is -2.09. The van der Waals surface area contributed by atoms with Gasteiger partial charge in [-0.05, 0) is 17.9 Å². The maximum atomic E-state index is 5.61. The van der Waals surface area contributed by atoms with Crippen molar-refractivity contribution in [3.63, 3.8) is 0 Å². The molecule has 0 aliphatic rings. The molecule has 5 heteroatoms. The number of nitrogens with one attached hydrogen (secondary N) is 1. The average molecular weight is 234 g/mol. The molecule has 2 heterocycles. The predicted molar refractivity (Wildman–Crippen MR) is 67.4 cm³/mol. The average Bonchev–Trinajstić information content (AvgIpc) is 2.79. The lowest BCUT2D eigenvalue weighted by Gasteiger charge is -2.15. The number of aromatic nitrogens is 2. The van der Waals surface area contributed by atoms with Gasteiger partial charge in [0, 0.05) is 10.9 Å². The zero-order valence-electron chi connectivity index (χ0n) is 9.05. The van der Waals surface area contributed by atoms with Gasteiger partial charge in [-0.15, -0.1) is 11.3 Å². The first kappa shape index (κ1) is 10.9. The Hall–Kier alpha value is -1.62. The fraction of sp³-hybridized carbons (Fsp3) is 0.273. The lowest BCUT2D eigenvalue weighted by atomic mass is 10.2. The Morgan fingerprint density at radius 3 is 3.00 bits per heavy atom. The van der Waals surface area contributed by atoms with E-state index in [4.69, 9.17) is 5.73 Å². The summed E-state index contributed by atoms with van der Waals surface area (Å²) in [6.07, 6.45) is 2.48. The Balaban J connectivity index is 2.13. The summed E-state index contributed by atoms with van der Waals surface area (Å²) < 4.78 is 0. The van der Waals surface area contributed by atoms with E-state index >= 15 is 0 Å². The molecule has 2 aromatic heterocycles. The van der Waals surface area contributed by atoms with Crippen molar-refractivity contribution >= 4 is 23.0 Å². The Bertz CT molecular complexity index is 441. The zero-order valence-corrected chi connectivity index (χ0v) is 9.87. The molecule has 2 rings (SSSR count). The molecule has 0 spiro atoms. The van der Waals surface area contributed by atoms with Crippen LogP contribution in [0.4, 0.5) is 11.6 Å². The van der Waals surface area contributed by atoms with Crippen LogP contribution in [0.15, 0.2) is 29.9 Å². The van der Waals surface area contributed by atoms with Gasteiger partial charge in [0.15, 0.2) is 0 Å². The highest BCUT2D eigenvalue weighted by Crippen LogP contribution is 2.25. The summed E-state index contributed by atoms with van der Waals surface area (Å²) >= 11 is 1.74. The van der Waals surface area contributed by atoms with E-state index in [1.165, 1.54) is 11.2 Å². The Kier molecular flexibility index (Phi) is 3.36. The van der Waals surface area contributed by atoms with Crippen LogP contribution in [0.5, 0.6) is 0 Å². The molecule has 2 aromatic rings. The van der Waals surface area contributed by atoms with Crippen LogP contribution >= 0.6 is 11.3 Å². The third-order valence-corrected chi connectivity index (χ3v) is 3.29. The molecule has 1 atom stereocenters. The summed E-state index contributed by atoms with van der Waals surface area (Å²) in [4.78, 5) is 9.31. The fourth-order valence-electron chi connectivity index (χ4n) is 1.49. The van der Waals surface area contributed by atoms with Crippen molar-refractivity contribution in [2.24, 2.45) is 0 Å². The highest BCUT2D eigenvalue weighted by molar-refractivity contribution is 7.10. The van der Waals surface area contributed by atoms with Gasteiger partial charge in [0.25, 0.3) is 0 Å². The first-order chi connectivity index (χ1) is 7.79. The van der Waals surface area contributed by atoms with E-state index in [1.54, 1.807) is 17.4 Å². The summed E-state index contributed by atoms with van der Waals surface area (Å²) in [6, 6.07) is 6.21. The Morgan fingerprint density at radius 1 is 1.50 bits per heavy atom. The third-order valence-electron chi connectivity index (χ3n) is 2.31. The molecule has 0 radical (unpaired) electrons. The van der Waals surface area contributed by atoms with Crippen LogP contribution in [-0.2, 0) is 0 Å². The molecule has 0 aromatic carbocycles. The van der Waals surface area contributed by atoms with Crippen LogP contribution < -0.4 is 11.1 Å². The Morgan fingerprint density at radius 2 is 2.38 bits per heavy atom. The summed E-state index contributed by atoms with van der Waals surface area (Å²) in [7, 11) is 0. The van der Waals surface area contributed by atoms with Gasteiger partial charge in [0.05, 0.1) is 6.04 Å². The summed E-state index contributed by atoms with van der Waals surface area (Å²) in [5.74, 6) is 1.26. The van der Waals surface area contributed by atoms with Gasteiger partial charge >= 0.3 is 0 Å². The fourth-order valence-corrected chi connectivity index (χ4v) is 2.35. The molecule has 0 amide bonds. The maximum absolute atomic E-state index is 5.61. The number of hydrogen-bond donors (Lipinski definition) is 2. The molecule has 84 valence electrons. The number of thiophene rings is 1. The molecule has 0 bridgehead atoms. The molecular weight excluding hydrogens is 220 g/mol. The quantitative estimate of drug-likeness (QED) is 0.853. The highest BCUT2D eigenvalue weighted by Gasteiger charge is 2.10. The van der Waals surface area contributed by atoms with Crippen molar-refractivity contribution in [3.05, 3.63) is 34.8 Å². The van der Waals surface area contributed by atoms with Gasteiger partial charge < -0.3 is 11.1 Å². The molecule has 0 aliphatic carbocycles. The zero-order chi connectivity index (χ0) is 11.4. The van der Waals surface area contributed by atoms with E-state index < -0.39 is 0 Å². The minimum atomic E-state index is 0.286. The summed E-state index contributed by atoms with van der Waals surface area (Å²) in [5.41, 5.74) is 5.61. The second-order valence-corrected chi connectivity index (χ2v) is 4.43. The number of nitrogens with zero attached hydrogens (tertiary/aromatic N) is 2. The monoisotopic (exact) mass is 234 g/mol. The first-order valence-electron chi connectivity index (χ1n) is 5.17. The van der Waals surface area contributed by atoms with Crippen molar-refractivity contribution in [3.8, 4) is 0 Å². The van der Waals surface area contributed by atoms with Gasteiger partial charge in [-0.1, -0.05) is 13.0 Å². The van der Waals surface area contributed by atoms with Crippen molar-refractivity contribution in [1.29, 1.82) is 0 Å². The van der Waals surface area contributed by atoms with Crippen LogP contribution in [0.1, 0.15) is 24.3 Å². The number of anilines is 2. The minimum Gasteiger partial charge on any atom is -0.384 e. The smallest absolute Gasteiger partial charge is 0.131 e. The van der Waals surface area contributed by atoms with E-state index in [0.29, 0.717) is 5.82 Å². The van der Waals surface area contributed by atoms with Crippen molar-refractivity contribution in [2.75, 3.05) is 11.1 Å². The molecule has 0 saturated carbocycles. The van der Waals surface area contributed by atoms with Crippen molar-refractivity contribution < 1.29 is 0 Å². The van der Waals surface area contributed by atoms with E-state index in [0.717, 1.165) is 12.2 Å². The van der Waals surface area contributed by atoms with Gasteiger partial charge in [-0.3, -0.25) is 0 Å². The van der Waals surface area contributed by atoms with Crippen LogP contribution in [-0.4, -0.2) is 9.97 Å². The van der Waals surface area contributed by atoms with Crippen LogP contribution in [0, 0.1) is 0 Å². The topological polar surface area (TPSA) is 63.8 Å². The van der Waals surface area contributed by atoms with Gasteiger partial charge in [-0.2, -0.15) is 0 Å². The van der Waals surface area contributed by atoms with Gasteiger partial charge in [0.2, 0.25) is 0 Å². The predicted octanol–water partition coefficient (Wildman–Crippen LogP) is 2.68. The number of hydrogen-bond acceptors (Lipinski definition) is 5. The van der Waals surface area contributed by atoms with Crippen molar-refractivity contribution in [1.82, 2.24) is 9.97 Å². The third kappa shape index (κ3) is 2.49.